The van der Waals surface area contributed by atoms with Crippen LogP contribution in [0, 0.1) is 12.7 Å². The van der Waals surface area contributed by atoms with E-state index in [1.165, 1.54) is 17.0 Å². The number of anilines is 1. The van der Waals surface area contributed by atoms with E-state index in [1.807, 2.05) is 19.1 Å². The Bertz CT molecular complexity index is 1080. The first-order chi connectivity index (χ1) is 13.9. The largest absolute Gasteiger partial charge is 0.324 e. The lowest BCUT2D eigenvalue weighted by molar-refractivity contribution is -0.117. The molecule has 4 nitrogen and oxygen atoms in total. The quantitative estimate of drug-likeness (QED) is 0.650. The number of carbonyl (C=O) groups is 2. The third-order valence-electron chi connectivity index (χ3n) is 4.95. The van der Waals surface area contributed by atoms with Crippen LogP contribution in [0.4, 0.5) is 10.1 Å². The highest BCUT2D eigenvalue weighted by molar-refractivity contribution is 6.30. The van der Waals surface area contributed by atoms with Gasteiger partial charge in [-0.25, -0.2) is 4.39 Å². The van der Waals surface area contributed by atoms with Crippen molar-refractivity contribution in [3.8, 4) is 0 Å². The summed E-state index contributed by atoms with van der Waals surface area (Å²) in [6, 6.07) is 17.6. The van der Waals surface area contributed by atoms with Crippen molar-refractivity contribution in [3.05, 3.63) is 99.8 Å². The fourth-order valence-corrected chi connectivity index (χ4v) is 3.71. The van der Waals surface area contributed by atoms with Gasteiger partial charge in [0.1, 0.15) is 12.4 Å². The first kappa shape index (κ1) is 19.2. The van der Waals surface area contributed by atoms with E-state index in [0.29, 0.717) is 27.4 Å². The van der Waals surface area contributed by atoms with Crippen LogP contribution in [0.3, 0.4) is 0 Å². The summed E-state index contributed by atoms with van der Waals surface area (Å²) in [4.78, 5) is 27.5. The second kappa shape index (κ2) is 7.68. The van der Waals surface area contributed by atoms with Gasteiger partial charge in [-0.15, -0.1) is 0 Å². The summed E-state index contributed by atoms with van der Waals surface area (Å²) in [6.45, 7) is 1.80. The molecule has 0 saturated heterocycles. The van der Waals surface area contributed by atoms with E-state index < -0.39 is 6.04 Å². The molecule has 0 aliphatic carbocycles. The number of aryl methyl sites for hydroxylation is 1. The van der Waals surface area contributed by atoms with E-state index in [0.717, 1.165) is 5.56 Å². The Hall–Kier alpha value is -3.18. The zero-order chi connectivity index (χ0) is 20.5. The monoisotopic (exact) mass is 408 g/mol. The zero-order valence-corrected chi connectivity index (χ0v) is 16.4. The molecule has 1 aliphatic heterocycles. The second-order valence-corrected chi connectivity index (χ2v) is 7.47. The number of rotatable bonds is 2. The number of carbonyl (C=O) groups excluding carboxylic acids is 2. The molecule has 6 heteroatoms. The predicted octanol–water partition coefficient (Wildman–Crippen LogP) is 4.97. The Morgan fingerprint density at radius 1 is 1.07 bits per heavy atom. The van der Waals surface area contributed by atoms with Crippen molar-refractivity contribution in [1.82, 2.24) is 4.90 Å². The average molecular weight is 409 g/mol. The van der Waals surface area contributed by atoms with Crippen LogP contribution in [0.5, 0.6) is 0 Å². The smallest absolute Gasteiger partial charge is 0.255 e. The molecule has 1 unspecified atom stereocenters. The van der Waals surface area contributed by atoms with Gasteiger partial charge < -0.3 is 10.2 Å². The van der Waals surface area contributed by atoms with Gasteiger partial charge >= 0.3 is 0 Å². The maximum Gasteiger partial charge on any atom is 0.255 e. The topological polar surface area (TPSA) is 49.4 Å². The third-order valence-corrected chi connectivity index (χ3v) is 5.19. The first-order valence-electron chi connectivity index (χ1n) is 9.15. The number of benzene rings is 3. The molecule has 1 atom stereocenters. The van der Waals surface area contributed by atoms with Crippen molar-refractivity contribution in [2.75, 3.05) is 11.9 Å². The van der Waals surface area contributed by atoms with Crippen LogP contribution in [0.25, 0.3) is 0 Å². The van der Waals surface area contributed by atoms with Crippen LogP contribution >= 0.6 is 11.6 Å². The molecule has 3 aromatic carbocycles. The van der Waals surface area contributed by atoms with Crippen LogP contribution < -0.4 is 5.32 Å². The van der Waals surface area contributed by atoms with Crippen molar-refractivity contribution in [2.45, 2.75) is 13.0 Å². The van der Waals surface area contributed by atoms with E-state index in [9.17, 15) is 14.0 Å². The molecule has 0 fully saturated rings. The highest BCUT2D eigenvalue weighted by Crippen LogP contribution is 2.38. The van der Waals surface area contributed by atoms with Crippen molar-refractivity contribution in [1.29, 1.82) is 0 Å². The Morgan fingerprint density at radius 2 is 1.76 bits per heavy atom. The van der Waals surface area contributed by atoms with Crippen LogP contribution in [0.2, 0.25) is 5.02 Å². The fraction of sp³-hybridized carbons (Fsp3) is 0.130. The number of nitrogens with zero attached hydrogens (tertiary/aromatic N) is 1. The van der Waals surface area contributed by atoms with E-state index >= 15 is 0 Å². The summed E-state index contributed by atoms with van der Waals surface area (Å²) in [5.74, 6) is -0.972. The van der Waals surface area contributed by atoms with Gasteiger partial charge in [-0.3, -0.25) is 9.59 Å². The lowest BCUT2D eigenvalue weighted by Gasteiger charge is -2.30. The summed E-state index contributed by atoms with van der Waals surface area (Å²) in [5.41, 5.74) is 3.44. The van der Waals surface area contributed by atoms with Gasteiger partial charge in [-0.2, -0.15) is 0 Å². The molecule has 0 bridgehead atoms. The standard InChI is InChI=1S/C23H18ClFN2O2/c1-14-2-4-16(5-3-14)23(29)27-13-21(28)26-20-11-8-17(24)12-19(20)22(27)15-6-9-18(25)10-7-15/h2-12,22H,13H2,1H3,(H,26,28). The summed E-state index contributed by atoms with van der Waals surface area (Å²) in [5, 5.41) is 3.32. The minimum Gasteiger partial charge on any atom is -0.324 e. The van der Waals surface area contributed by atoms with Crippen LogP contribution in [0.1, 0.15) is 33.1 Å². The normalized spacial score (nSPS) is 16.0. The highest BCUT2D eigenvalue weighted by Gasteiger charge is 2.34. The van der Waals surface area contributed by atoms with Gasteiger partial charge in [0.2, 0.25) is 5.91 Å². The van der Waals surface area contributed by atoms with Gasteiger partial charge in [0, 0.05) is 21.8 Å². The highest BCUT2D eigenvalue weighted by atomic mass is 35.5. The van der Waals surface area contributed by atoms with Crippen molar-refractivity contribution >= 4 is 29.1 Å². The molecule has 1 N–H and O–H groups in total. The number of hydrogen-bond donors (Lipinski definition) is 1. The third kappa shape index (κ3) is 3.87. The molecule has 0 aromatic heterocycles. The minimum absolute atomic E-state index is 0.138. The van der Waals surface area contributed by atoms with Crippen LogP contribution in [-0.2, 0) is 4.79 Å². The van der Waals surface area contributed by atoms with Gasteiger partial charge in [0.15, 0.2) is 0 Å². The molecule has 4 rings (SSSR count). The maximum atomic E-state index is 13.5. The zero-order valence-electron chi connectivity index (χ0n) is 15.7. The van der Waals surface area contributed by atoms with E-state index in [1.54, 1.807) is 42.5 Å². The van der Waals surface area contributed by atoms with Crippen LogP contribution in [-0.4, -0.2) is 23.3 Å². The predicted molar refractivity (Wildman–Crippen MR) is 111 cm³/mol. The molecule has 0 saturated carbocycles. The molecule has 1 heterocycles. The SMILES string of the molecule is Cc1ccc(C(=O)N2CC(=O)Nc3ccc(Cl)cc3C2c2ccc(F)cc2)cc1. The molecular weight excluding hydrogens is 391 g/mol. The average Bonchev–Trinajstić information content (AvgIpc) is 2.84. The van der Waals surface area contributed by atoms with Gasteiger partial charge in [0.25, 0.3) is 5.91 Å². The van der Waals surface area contributed by atoms with E-state index in [2.05, 4.69) is 5.32 Å². The number of fused-ring (bicyclic) bond motifs is 1. The van der Waals surface area contributed by atoms with Gasteiger partial charge in [-0.05, 0) is 55.0 Å². The van der Waals surface area contributed by atoms with Crippen molar-refractivity contribution in [2.24, 2.45) is 0 Å². The summed E-state index contributed by atoms with van der Waals surface area (Å²) >= 11 is 6.23. The molecule has 3 aromatic rings. The molecule has 1 aliphatic rings. The summed E-state index contributed by atoms with van der Waals surface area (Å²) in [7, 11) is 0. The fourth-order valence-electron chi connectivity index (χ4n) is 3.53. The van der Waals surface area contributed by atoms with Crippen molar-refractivity contribution in [3.63, 3.8) is 0 Å². The van der Waals surface area contributed by atoms with Crippen LogP contribution in [0.15, 0.2) is 66.7 Å². The lowest BCUT2D eigenvalue weighted by Crippen LogP contribution is -2.39. The molecule has 2 amide bonds. The van der Waals surface area contributed by atoms with Gasteiger partial charge in [-0.1, -0.05) is 41.4 Å². The van der Waals surface area contributed by atoms with Crippen molar-refractivity contribution < 1.29 is 14.0 Å². The molecule has 146 valence electrons. The van der Waals surface area contributed by atoms with E-state index in [-0.39, 0.29) is 24.2 Å². The summed E-state index contributed by atoms with van der Waals surface area (Å²) < 4.78 is 13.5. The number of amides is 2. The Morgan fingerprint density at radius 3 is 2.45 bits per heavy atom. The van der Waals surface area contributed by atoms with Gasteiger partial charge in [0.05, 0.1) is 6.04 Å². The van der Waals surface area contributed by atoms with E-state index in [4.69, 9.17) is 11.6 Å². The maximum absolute atomic E-state index is 13.5. The number of nitrogens with one attached hydrogen (secondary N) is 1. The lowest BCUT2D eigenvalue weighted by atomic mass is 9.95. The summed E-state index contributed by atoms with van der Waals surface area (Å²) in [6.07, 6.45) is 0. The number of hydrogen-bond acceptors (Lipinski definition) is 2. The second-order valence-electron chi connectivity index (χ2n) is 7.03. The molecular formula is C23H18ClFN2O2. The molecule has 29 heavy (non-hydrogen) atoms. The molecule has 0 spiro atoms. The molecule has 0 radical (unpaired) electrons. The Labute approximate surface area is 172 Å². The Balaban J connectivity index is 1.88. The Kier molecular flexibility index (Phi) is 5.07. The number of halogens is 2. The minimum atomic E-state index is -0.600. The first-order valence-corrected chi connectivity index (χ1v) is 9.52.